The number of amides is 2. The minimum atomic E-state index is -0.351. The van der Waals surface area contributed by atoms with Gasteiger partial charge in [0.1, 0.15) is 0 Å². The summed E-state index contributed by atoms with van der Waals surface area (Å²) in [7, 11) is 0. The largest absolute Gasteiger partial charge is 0.326 e. The van der Waals surface area contributed by atoms with Gasteiger partial charge in [-0.15, -0.1) is 0 Å². The number of hydrogen-bond acceptors (Lipinski definition) is 4. The van der Waals surface area contributed by atoms with Gasteiger partial charge in [0.25, 0.3) is 5.91 Å². The Kier molecular flexibility index (Phi) is 3.33. The lowest BCUT2D eigenvalue weighted by atomic mass is 10.2. The lowest BCUT2D eigenvalue weighted by Gasteiger charge is -2.05. The van der Waals surface area contributed by atoms with Gasteiger partial charge in [-0.05, 0) is 24.3 Å². The van der Waals surface area contributed by atoms with Gasteiger partial charge in [0.05, 0.1) is 6.20 Å². The van der Waals surface area contributed by atoms with Crippen LogP contribution in [0, 0.1) is 0 Å². The molecule has 0 unspecified atom stereocenters. The number of carbonyl (C=O) groups is 2. The van der Waals surface area contributed by atoms with Crippen LogP contribution in [-0.4, -0.2) is 27.2 Å². The van der Waals surface area contributed by atoms with Crippen LogP contribution in [0.25, 0.3) is 0 Å². The Hall–Kier alpha value is -2.70. The standard InChI is InChI=1S/C11H11N5O2/c1-7(17)13-8-2-4-9(5-3-8)14-11(18)10-6-12-16-15-10/h2-6H,1H3,(H,13,17)(H,14,18)(H,12,15,16). The molecular formula is C11H11N5O2. The van der Waals surface area contributed by atoms with E-state index >= 15 is 0 Å². The van der Waals surface area contributed by atoms with E-state index in [0.29, 0.717) is 11.4 Å². The molecule has 1 heterocycles. The first-order valence-corrected chi connectivity index (χ1v) is 5.20. The van der Waals surface area contributed by atoms with Gasteiger partial charge >= 0.3 is 0 Å². The van der Waals surface area contributed by atoms with Crippen molar-refractivity contribution in [2.75, 3.05) is 10.6 Å². The number of anilines is 2. The van der Waals surface area contributed by atoms with Crippen molar-refractivity contribution >= 4 is 23.2 Å². The van der Waals surface area contributed by atoms with Crippen LogP contribution in [0.15, 0.2) is 30.5 Å². The van der Waals surface area contributed by atoms with Gasteiger partial charge in [0.2, 0.25) is 5.91 Å². The summed E-state index contributed by atoms with van der Waals surface area (Å²) in [5, 5.41) is 14.9. The zero-order chi connectivity index (χ0) is 13.0. The van der Waals surface area contributed by atoms with Gasteiger partial charge in [-0.25, -0.2) is 0 Å². The molecular weight excluding hydrogens is 234 g/mol. The number of benzene rings is 1. The molecule has 0 fully saturated rings. The molecule has 0 aliphatic heterocycles. The van der Waals surface area contributed by atoms with E-state index in [4.69, 9.17) is 0 Å². The first kappa shape index (κ1) is 11.8. The molecule has 1 aromatic heterocycles. The van der Waals surface area contributed by atoms with Crippen LogP contribution in [0.5, 0.6) is 0 Å². The van der Waals surface area contributed by atoms with Gasteiger partial charge in [-0.1, -0.05) is 0 Å². The fourth-order valence-electron chi connectivity index (χ4n) is 1.35. The number of nitrogens with zero attached hydrogens (tertiary/aromatic N) is 2. The molecule has 92 valence electrons. The van der Waals surface area contributed by atoms with Crippen molar-refractivity contribution in [1.29, 1.82) is 0 Å². The SMILES string of the molecule is CC(=O)Nc1ccc(NC(=O)c2cn[nH]n2)cc1. The maximum atomic E-state index is 11.6. The van der Waals surface area contributed by atoms with Crippen LogP contribution in [0.4, 0.5) is 11.4 Å². The molecule has 1 aromatic carbocycles. The van der Waals surface area contributed by atoms with Gasteiger partial charge in [0.15, 0.2) is 5.69 Å². The highest BCUT2D eigenvalue weighted by molar-refractivity contribution is 6.02. The predicted octanol–water partition coefficient (Wildman–Crippen LogP) is 1.02. The Morgan fingerprint density at radius 2 is 1.72 bits per heavy atom. The quantitative estimate of drug-likeness (QED) is 0.751. The highest BCUT2D eigenvalue weighted by atomic mass is 16.2. The fourth-order valence-corrected chi connectivity index (χ4v) is 1.35. The smallest absolute Gasteiger partial charge is 0.277 e. The number of H-pyrrole nitrogens is 1. The Balaban J connectivity index is 2.02. The van der Waals surface area contributed by atoms with E-state index in [1.807, 2.05) is 0 Å². The number of nitrogens with one attached hydrogen (secondary N) is 3. The molecule has 0 radical (unpaired) electrons. The second kappa shape index (κ2) is 5.09. The maximum Gasteiger partial charge on any atom is 0.277 e. The average Bonchev–Trinajstić information content (AvgIpc) is 2.84. The van der Waals surface area contributed by atoms with Crippen LogP contribution in [0.1, 0.15) is 17.4 Å². The van der Waals surface area contributed by atoms with Gasteiger partial charge in [-0.3, -0.25) is 9.59 Å². The Morgan fingerprint density at radius 3 is 2.22 bits per heavy atom. The fraction of sp³-hybridized carbons (Fsp3) is 0.0909. The molecule has 0 aliphatic carbocycles. The van der Waals surface area contributed by atoms with Gasteiger partial charge < -0.3 is 10.6 Å². The second-order valence-corrected chi connectivity index (χ2v) is 3.57. The van der Waals surface area contributed by atoms with E-state index in [1.54, 1.807) is 24.3 Å². The average molecular weight is 245 g/mol. The number of hydrogen-bond donors (Lipinski definition) is 3. The Morgan fingerprint density at radius 1 is 1.11 bits per heavy atom. The molecule has 7 nitrogen and oxygen atoms in total. The van der Waals surface area contributed by atoms with Crippen molar-refractivity contribution in [1.82, 2.24) is 15.4 Å². The second-order valence-electron chi connectivity index (χ2n) is 3.57. The molecule has 0 saturated carbocycles. The molecule has 0 atom stereocenters. The summed E-state index contributed by atoms with van der Waals surface area (Å²) in [6, 6.07) is 6.76. The number of aromatic amines is 1. The minimum absolute atomic E-state index is 0.144. The monoisotopic (exact) mass is 245 g/mol. The van der Waals surface area contributed by atoms with E-state index in [-0.39, 0.29) is 17.5 Å². The molecule has 2 rings (SSSR count). The van der Waals surface area contributed by atoms with E-state index in [2.05, 4.69) is 26.0 Å². The van der Waals surface area contributed by atoms with E-state index < -0.39 is 0 Å². The van der Waals surface area contributed by atoms with Crippen LogP contribution < -0.4 is 10.6 Å². The molecule has 0 saturated heterocycles. The zero-order valence-electron chi connectivity index (χ0n) is 9.60. The lowest BCUT2D eigenvalue weighted by molar-refractivity contribution is -0.114. The predicted molar refractivity (Wildman–Crippen MR) is 65.1 cm³/mol. The Labute approximate surface area is 103 Å². The zero-order valence-corrected chi connectivity index (χ0v) is 9.60. The summed E-state index contributed by atoms with van der Waals surface area (Å²) in [6.45, 7) is 1.43. The van der Waals surface area contributed by atoms with Crippen molar-refractivity contribution < 1.29 is 9.59 Å². The highest BCUT2D eigenvalue weighted by Crippen LogP contribution is 2.14. The minimum Gasteiger partial charge on any atom is -0.326 e. The molecule has 2 aromatic rings. The number of aromatic nitrogens is 3. The van der Waals surface area contributed by atoms with Crippen molar-refractivity contribution in [2.45, 2.75) is 6.92 Å². The molecule has 2 amide bonds. The summed E-state index contributed by atoms with van der Waals surface area (Å²) >= 11 is 0. The molecule has 0 spiro atoms. The van der Waals surface area contributed by atoms with Crippen molar-refractivity contribution in [2.24, 2.45) is 0 Å². The van der Waals surface area contributed by atoms with Gasteiger partial charge in [-0.2, -0.15) is 15.4 Å². The number of carbonyl (C=O) groups excluding carboxylic acids is 2. The summed E-state index contributed by atoms with van der Waals surface area (Å²) in [5.41, 5.74) is 1.49. The van der Waals surface area contributed by atoms with Gasteiger partial charge in [0, 0.05) is 18.3 Å². The number of rotatable bonds is 3. The third kappa shape index (κ3) is 2.91. The van der Waals surface area contributed by atoms with Crippen LogP contribution in [0.3, 0.4) is 0 Å². The van der Waals surface area contributed by atoms with E-state index in [9.17, 15) is 9.59 Å². The first-order valence-electron chi connectivity index (χ1n) is 5.20. The van der Waals surface area contributed by atoms with Crippen LogP contribution in [0.2, 0.25) is 0 Å². The lowest BCUT2D eigenvalue weighted by Crippen LogP contribution is -2.12. The molecule has 0 bridgehead atoms. The van der Waals surface area contributed by atoms with E-state index in [1.165, 1.54) is 13.1 Å². The topological polar surface area (TPSA) is 99.8 Å². The van der Waals surface area contributed by atoms with Crippen LogP contribution in [-0.2, 0) is 4.79 Å². The third-order valence-corrected chi connectivity index (χ3v) is 2.11. The highest BCUT2D eigenvalue weighted by Gasteiger charge is 2.08. The molecule has 0 aliphatic rings. The normalized spacial score (nSPS) is 9.83. The van der Waals surface area contributed by atoms with Crippen molar-refractivity contribution in [3.63, 3.8) is 0 Å². The Bertz CT molecular complexity index is 547. The van der Waals surface area contributed by atoms with Crippen LogP contribution >= 0.6 is 0 Å². The summed E-state index contributed by atoms with van der Waals surface area (Å²) in [6.07, 6.45) is 1.33. The van der Waals surface area contributed by atoms with Crippen molar-refractivity contribution in [3.05, 3.63) is 36.2 Å². The summed E-state index contributed by atoms with van der Waals surface area (Å²) in [5.74, 6) is -0.495. The first-order chi connectivity index (χ1) is 8.65. The van der Waals surface area contributed by atoms with Crippen molar-refractivity contribution in [3.8, 4) is 0 Å². The molecule has 7 heteroatoms. The summed E-state index contributed by atoms with van der Waals surface area (Å²) in [4.78, 5) is 22.5. The summed E-state index contributed by atoms with van der Waals surface area (Å²) < 4.78 is 0. The van der Waals surface area contributed by atoms with E-state index in [0.717, 1.165) is 0 Å². The molecule has 18 heavy (non-hydrogen) atoms. The molecule has 3 N–H and O–H groups in total. The maximum absolute atomic E-state index is 11.6. The third-order valence-electron chi connectivity index (χ3n) is 2.11.